The van der Waals surface area contributed by atoms with Crippen LogP contribution in [0.25, 0.3) is 0 Å². The van der Waals surface area contributed by atoms with Crippen LogP contribution in [0.15, 0.2) is 0 Å². The molecule has 0 saturated heterocycles. The largest absolute Gasteiger partial charge is 0.258 e. The van der Waals surface area contributed by atoms with Gasteiger partial charge < -0.3 is 0 Å². The van der Waals surface area contributed by atoms with Crippen LogP contribution in [0, 0.1) is 270 Å². The highest BCUT2D eigenvalue weighted by molar-refractivity contribution is 5.39. The van der Waals surface area contributed by atoms with Crippen LogP contribution < -0.4 is 0 Å². The molecule has 0 aliphatic carbocycles. The van der Waals surface area contributed by atoms with Crippen molar-refractivity contribution in [1.82, 2.24) is 75.2 Å². The van der Waals surface area contributed by atoms with E-state index in [1.807, 2.05) is 138 Å². The number of aryl methyl sites for hydroxylation is 23. The Kier molecular flexibility index (Phi) is 33.5. The van der Waals surface area contributed by atoms with E-state index in [1.165, 1.54) is 89.0 Å². The molecule has 0 aliphatic heterocycles. The van der Waals surface area contributed by atoms with Crippen molar-refractivity contribution >= 4 is 0 Å². The van der Waals surface area contributed by atoms with E-state index in [0.717, 1.165) is 131 Å². The summed E-state index contributed by atoms with van der Waals surface area (Å²) in [6.07, 6.45) is 0. The maximum atomic E-state index is 4.43. The molecule has 15 nitrogen and oxygen atoms in total. The predicted octanol–water partition coefficient (Wildman–Crippen LogP) is 18.1. The van der Waals surface area contributed by atoms with Crippen molar-refractivity contribution in [3.8, 4) is 0 Å². The molecule has 15 heteroatoms. The van der Waals surface area contributed by atoms with Crippen LogP contribution in [0.3, 0.4) is 0 Å². The smallest absolute Gasteiger partial charge is 0.125 e. The average molecular weight is 1260 g/mol. The van der Waals surface area contributed by atoms with Crippen molar-refractivity contribution < 1.29 is 0 Å². The predicted molar refractivity (Wildman–Crippen MR) is 390 cm³/mol. The average Bonchev–Trinajstić information content (AvgIpc) is 1.01. The van der Waals surface area contributed by atoms with E-state index in [1.54, 1.807) is 0 Å². The SMILES string of the molecule is Cc1nc(C)c(C)c(C)c1C.Cc1nc(C)c(C)c(C)c1C.Cc1nc(C)c(C)c(C)c1C.Cc1nc(C)c(C)c(C)n1.Cc1nc(C)c(C)c(C)n1.Cc1nc(C)c(C)c(C)n1.Cc1nc(C)c(C)nc1C.Cc1nnc(C)c(C)c1C.Cc1nnc(C)c(C)c1C. The molecule has 0 saturated carbocycles. The summed E-state index contributed by atoms with van der Waals surface area (Å²) >= 11 is 0. The van der Waals surface area contributed by atoms with Crippen molar-refractivity contribution in [3.63, 3.8) is 0 Å². The molecule has 0 radical (unpaired) electrons. The molecule has 0 unspecified atom stereocenters. The van der Waals surface area contributed by atoms with E-state index in [-0.39, 0.29) is 0 Å². The van der Waals surface area contributed by atoms with Crippen molar-refractivity contribution in [2.75, 3.05) is 0 Å². The van der Waals surface area contributed by atoms with Gasteiger partial charge in [-0.05, 0) is 359 Å². The second-order valence-corrected chi connectivity index (χ2v) is 25.0. The van der Waals surface area contributed by atoms with Gasteiger partial charge in [-0.25, -0.2) is 29.9 Å². The Morgan fingerprint density at radius 3 is 0.344 bits per heavy atom. The van der Waals surface area contributed by atoms with Crippen LogP contribution >= 0.6 is 0 Å². The number of hydrogen-bond acceptors (Lipinski definition) is 15. The zero-order valence-corrected chi connectivity index (χ0v) is 65.2. The highest BCUT2D eigenvalue weighted by Crippen LogP contribution is 2.20. The molecule has 0 fully saturated rings. The molecule has 0 aliphatic rings. The van der Waals surface area contributed by atoms with Gasteiger partial charge in [-0.3, -0.25) is 24.9 Å². The number of nitrogens with zero attached hydrogens (tertiary/aromatic N) is 15. The summed E-state index contributed by atoms with van der Waals surface area (Å²) in [5, 5.41) is 16.0. The lowest BCUT2D eigenvalue weighted by atomic mass is 10.0. The van der Waals surface area contributed by atoms with Gasteiger partial charge in [0.25, 0.3) is 0 Å². The first kappa shape index (κ1) is 82.9. The Morgan fingerprint density at radius 2 is 0.204 bits per heavy atom. The van der Waals surface area contributed by atoms with E-state index in [9.17, 15) is 0 Å². The molecule has 9 aromatic rings. The van der Waals surface area contributed by atoms with Crippen molar-refractivity contribution in [2.24, 2.45) is 0 Å². The van der Waals surface area contributed by atoms with Gasteiger partial charge in [0, 0.05) is 68.3 Å². The first-order valence-electron chi connectivity index (χ1n) is 32.2. The van der Waals surface area contributed by atoms with Gasteiger partial charge >= 0.3 is 0 Å². The molecule has 0 aromatic carbocycles. The van der Waals surface area contributed by atoms with E-state index in [4.69, 9.17) is 0 Å². The summed E-state index contributed by atoms with van der Waals surface area (Å²) < 4.78 is 0. The third kappa shape index (κ3) is 25.1. The van der Waals surface area contributed by atoms with Crippen molar-refractivity contribution in [3.05, 3.63) is 220 Å². The number of aromatic nitrogens is 15. The summed E-state index contributed by atoms with van der Waals surface area (Å²) in [4.78, 5) is 47.3. The first-order chi connectivity index (χ1) is 42.8. The van der Waals surface area contributed by atoms with E-state index < -0.39 is 0 Å². The third-order valence-electron chi connectivity index (χ3n) is 18.6. The van der Waals surface area contributed by atoms with Gasteiger partial charge in [-0.1, -0.05) is 0 Å². The normalized spacial score (nSPS) is 10.1. The third-order valence-corrected chi connectivity index (χ3v) is 18.6. The van der Waals surface area contributed by atoms with Gasteiger partial charge in [0.15, 0.2) is 0 Å². The fraction of sp³-hybridized carbons (Fsp3) is 0.500. The minimum atomic E-state index is 0.862. The van der Waals surface area contributed by atoms with E-state index in [0.29, 0.717) is 0 Å². The molecule has 0 spiro atoms. The van der Waals surface area contributed by atoms with Gasteiger partial charge in [-0.2, -0.15) is 20.4 Å². The monoisotopic (exact) mass is 1260 g/mol. The summed E-state index contributed by atoms with van der Waals surface area (Å²) in [7, 11) is 0. The minimum absolute atomic E-state index is 0.862. The Bertz CT molecular complexity index is 3440. The van der Waals surface area contributed by atoms with Gasteiger partial charge in [0.2, 0.25) is 0 Å². The lowest BCUT2D eigenvalue weighted by Crippen LogP contribution is -1.98. The Morgan fingerprint density at radius 1 is 0.0968 bits per heavy atom. The fourth-order valence-electron chi connectivity index (χ4n) is 9.06. The second-order valence-electron chi connectivity index (χ2n) is 25.0. The summed E-state index contributed by atoms with van der Waals surface area (Å²) in [6.45, 7) is 79.7. The van der Waals surface area contributed by atoms with Crippen LogP contribution in [0.1, 0.15) is 220 Å². The summed E-state index contributed by atoms with van der Waals surface area (Å²) in [6, 6.07) is 0. The molecule has 0 N–H and O–H groups in total. The Labute approximate surface area is 562 Å². The van der Waals surface area contributed by atoms with Crippen LogP contribution in [-0.2, 0) is 0 Å². The van der Waals surface area contributed by atoms with Crippen LogP contribution in [0.4, 0.5) is 0 Å². The summed E-state index contributed by atoms with van der Waals surface area (Å²) in [5.74, 6) is 2.59. The minimum Gasteiger partial charge on any atom is -0.258 e. The molecule has 504 valence electrons. The first-order valence-corrected chi connectivity index (χ1v) is 32.2. The fourth-order valence-corrected chi connectivity index (χ4v) is 9.06. The van der Waals surface area contributed by atoms with Gasteiger partial charge in [0.1, 0.15) is 17.5 Å². The molecule has 9 rings (SSSR count). The quantitative estimate of drug-likeness (QED) is 0.139. The standard InChI is InChI=1S/3C10H15N.6C8H12N2/c3*1-6-7(2)9(4)11-10(5)8(6)3;1-5-6(2)10-8(4)7(3)9-5;3*1-5-6(2)9-8(4)10-7(5)3;2*1-5-6(2)8(4)10-9-7(5)3/h3*1-5H3;6*1-4H3. The van der Waals surface area contributed by atoms with Crippen LogP contribution in [-0.4, -0.2) is 75.2 Å². The molecule has 9 heterocycles. The zero-order chi connectivity index (χ0) is 72.1. The number of hydrogen-bond donors (Lipinski definition) is 0. The lowest BCUT2D eigenvalue weighted by molar-refractivity contribution is 0.905. The zero-order valence-electron chi connectivity index (χ0n) is 65.2. The van der Waals surface area contributed by atoms with Crippen molar-refractivity contribution in [2.45, 2.75) is 270 Å². The molecular weight excluding hydrogens is 1150 g/mol. The topological polar surface area (TPSA) is 193 Å². The van der Waals surface area contributed by atoms with E-state index >= 15 is 0 Å². The summed E-state index contributed by atoms with van der Waals surface area (Å²) in [5.41, 5.74) is 42.5. The highest BCUT2D eigenvalue weighted by Gasteiger charge is 2.09. The maximum absolute atomic E-state index is 4.43. The molecule has 9 aromatic heterocycles. The molecule has 0 amide bonds. The molecule has 0 bridgehead atoms. The molecule has 93 heavy (non-hydrogen) atoms. The van der Waals surface area contributed by atoms with Crippen LogP contribution in [0.5, 0.6) is 0 Å². The Balaban J connectivity index is 0.000000523. The maximum Gasteiger partial charge on any atom is 0.125 e. The second kappa shape index (κ2) is 37.6. The van der Waals surface area contributed by atoms with Gasteiger partial charge in [0.05, 0.1) is 45.6 Å². The number of rotatable bonds is 0. The van der Waals surface area contributed by atoms with Crippen molar-refractivity contribution in [1.29, 1.82) is 0 Å². The van der Waals surface area contributed by atoms with Crippen LogP contribution in [0.2, 0.25) is 0 Å². The van der Waals surface area contributed by atoms with E-state index in [2.05, 4.69) is 207 Å². The molecule has 0 atom stereocenters. The highest BCUT2D eigenvalue weighted by atomic mass is 15.1. The van der Waals surface area contributed by atoms with Gasteiger partial charge in [-0.15, -0.1) is 0 Å². The molecular formula is C78H117N15. The Hall–Kier alpha value is -8.07. The lowest BCUT2D eigenvalue weighted by Gasteiger charge is -2.09. The number of pyridine rings is 3.